The highest BCUT2D eigenvalue weighted by atomic mass is 31.2. The van der Waals surface area contributed by atoms with Crippen LogP contribution in [0.4, 0.5) is 0 Å². The number of aliphatic hydroxyl groups is 1. The third-order valence-electron chi connectivity index (χ3n) is 6.01. The Bertz CT molecular complexity index is 619. The number of phosphoric acid groups is 1. The van der Waals surface area contributed by atoms with Crippen LogP contribution in [0.15, 0.2) is 11.3 Å². The van der Waals surface area contributed by atoms with Gasteiger partial charge in [0.1, 0.15) is 12.4 Å². The van der Waals surface area contributed by atoms with Crippen LogP contribution < -0.4 is 0 Å². The van der Waals surface area contributed by atoms with E-state index in [1.165, 1.54) is 44.9 Å². The van der Waals surface area contributed by atoms with Gasteiger partial charge >= 0.3 is 13.8 Å². The highest BCUT2D eigenvalue weighted by Gasteiger charge is 2.42. The average Bonchev–Trinajstić information content (AvgIpc) is 3.06. The predicted octanol–water partition coefficient (Wildman–Crippen LogP) is 6.06. The maximum atomic E-state index is 12.7. The van der Waals surface area contributed by atoms with Crippen molar-refractivity contribution in [2.75, 3.05) is 19.8 Å². The Kier molecular flexibility index (Phi) is 12.2. The minimum Gasteiger partial charge on any atom is -0.461 e. The lowest BCUT2D eigenvalue weighted by atomic mass is 10.0. The van der Waals surface area contributed by atoms with Crippen molar-refractivity contribution in [3.63, 3.8) is 0 Å². The number of carbonyl (C=O) groups is 1. The molecule has 31 heavy (non-hydrogen) atoms. The number of hydrogen-bond donors (Lipinski definition) is 1. The average molecular weight is 461 g/mol. The SMILES string of the molecule is CC[C@@H](O)CCCCCCCCCCCCCO[P@@]1(=O)OC[C@H]2COC(=O)C2=C(C)O1. The first-order chi connectivity index (χ1) is 14.9. The van der Waals surface area contributed by atoms with Crippen molar-refractivity contribution < 1.29 is 32.8 Å². The van der Waals surface area contributed by atoms with Crippen molar-refractivity contribution in [3.8, 4) is 0 Å². The first-order valence-corrected chi connectivity index (χ1v) is 13.6. The first kappa shape index (κ1) is 26.4. The Morgan fingerprint density at radius 1 is 1.00 bits per heavy atom. The molecule has 180 valence electrons. The van der Waals surface area contributed by atoms with Gasteiger partial charge in [-0.25, -0.2) is 9.36 Å². The summed E-state index contributed by atoms with van der Waals surface area (Å²) in [5.41, 5.74) is 0.414. The van der Waals surface area contributed by atoms with Crippen LogP contribution in [0.2, 0.25) is 0 Å². The minimum absolute atomic E-state index is 0.108. The van der Waals surface area contributed by atoms with Gasteiger partial charge in [-0.05, 0) is 26.2 Å². The standard InChI is InChI=1S/C23H41O7P/c1-3-21(24)15-13-11-9-7-5-4-6-8-10-12-14-16-28-31(26)29-18-20-17-27-23(25)22(20)19(2)30-31/h20-21,24H,3-18H2,1-2H3/t20-,21-,31+/m1/s1. The highest BCUT2D eigenvalue weighted by molar-refractivity contribution is 7.48. The Balaban J connectivity index is 1.44. The van der Waals surface area contributed by atoms with E-state index in [-0.39, 0.29) is 31.0 Å². The van der Waals surface area contributed by atoms with Crippen LogP contribution in [0.3, 0.4) is 0 Å². The van der Waals surface area contributed by atoms with Crippen molar-refractivity contribution >= 4 is 13.8 Å². The number of fused-ring (bicyclic) bond motifs is 1. The second kappa shape index (κ2) is 14.3. The minimum atomic E-state index is -3.66. The number of phosphoric ester groups is 1. The van der Waals surface area contributed by atoms with Gasteiger partial charge in [0.25, 0.3) is 0 Å². The number of rotatable bonds is 16. The molecule has 2 aliphatic rings. The van der Waals surface area contributed by atoms with Gasteiger partial charge in [-0.3, -0.25) is 9.05 Å². The molecule has 0 unspecified atom stereocenters. The van der Waals surface area contributed by atoms with E-state index in [0.29, 0.717) is 12.2 Å². The zero-order valence-corrected chi connectivity index (χ0v) is 20.2. The molecule has 3 atom stereocenters. The molecule has 0 bridgehead atoms. The van der Waals surface area contributed by atoms with Crippen LogP contribution in [0.1, 0.15) is 97.3 Å². The monoisotopic (exact) mass is 460 g/mol. The molecule has 2 aliphatic heterocycles. The number of hydrogen-bond acceptors (Lipinski definition) is 7. The summed E-state index contributed by atoms with van der Waals surface area (Å²) >= 11 is 0. The van der Waals surface area contributed by atoms with Gasteiger partial charge in [-0.15, -0.1) is 0 Å². The largest absolute Gasteiger partial charge is 0.529 e. The predicted molar refractivity (Wildman–Crippen MR) is 119 cm³/mol. The fourth-order valence-electron chi connectivity index (χ4n) is 4.01. The maximum Gasteiger partial charge on any atom is 0.529 e. The Morgan fingerprint density at radius 2 is 1.58 bits per heavy atom. The molecule has 7 nitrogen and oxygen atoms in total. The topological polar surface area (TPSA) is 91.3 Å². The van der Waals surface area contributed by atoms with E-state index >= 15 is 0 Å². The van der Waals surface area contributed by atoms with Crippen molar-refractivity contribution in [3.05, 3.63) is 11.3 Å². The van der Waals surface area contributed by atoms with E-state index in [9.17, 15) is 14.5 Å². The van der Waals surface area contributed by atoms with Gasteiger partial charge in [0.15, 0.2) is 0 Å². The van der Waals surface area contributed by atoms with Gasteiger partial charge in [-0.1, -0.05) is 71.1 Å². The quantitative estimate of drug-likeness (QED) is 0.170. The molecular weight excluding hydrogens is 419 g/mol. The van der Waals surface area contributed by atoms with Gasteiger partial charge in [0, 0.05) is 0 Å². The molecule has 0 radical (unpaired) electrons. The normalized spacial score (nSPS) is 24.5. The number of aliphatic hydroxyl groups excluding tert-OH is 1. The number of esters is 1. The van der Waals surface area contributed by atoms with E-state index < -0.39 is 13.8 Å². The molecule has 0 aliphatic carbocycles. The molecule has 0 saturated carbocycles. The third-order valence-corrected chi connectivity index (χ3v) is 7.47. The van der Waals surface area contributed by atoms with Crippen molar-refractivity contribution in [1.29, 1.82) is 0 Å². The molecule has 1 fully saturated rings. The molecule has 0 aromatic carbocycles. The summed E-state index contributed by atoms with van der Waals surface area (Å²) in [6.07, 6.45) is 14.6. The van der Waals surface area contributed by atoms with Gasteiger partial charge in [0.05, 0.1) is 30.8 Å². The summed E-state index contributed by atoms with van der Waals surface area (Å²) in [6.45, 7) is 4.30. The lowest BCUT2D eigenvalue weighted by Crippen LogP contribution is -2.10. The fourth-order valence-corrected chi connectivity index (χ4v) is 5.34. The van der Waals surface area contributed by atoms with Crippen LogP contribution in [0, 0.1) is 5.92 Å². The maximum absolute atomic E-state index is 12.7. The molecular formula is C23H41O7P. The Hall–Kier alpha value is -0.880. The summed E-state index contributed by atoms with van der Waals surface area (Å²) in [5.74, 6) is -0.376. The molecule has 0 aromatic rings. The fraction of sp³-hybridized carbons (Fsp3) is 0.870. The third kappa shape index (κ3) is 9.65. The molecule has 2 heterocycles. The van der Waals surface area contributed by atoms with Crippen LogP contribution in [-0.4, -0.2) is 37.0 Å². The van der Waals surface area contributed by atoms with Crippen LogP contribution in [-0.2, 0) is 27.7 Å². The van der Waals surface area contributed by atoms with E-state index in [0.717, 1.165) is 38.5 Å². The number of ether oxygens (including phenoxy) is 1. The van der Waals surface area contributed by atoms with E-state index in [2.05, 4.69) is 0 Å². The zero-order valence-electron chi connectivity index (χ0n) is 19.3. The zero-order chi connectivity index (χ0) is 22.5. The number of cyclic esters (lactones) is 1. The molecule has 0 spiro atoms. The van der Waals surface area contributed by atoms with Gasteiger partial charge < -0.3 is 14.4 Å². The summed E-state index contributed by atoms with van der Waals surface area (Å²) in [5, 5.41) is 9.52. The van der Waals surface area contributed by atoms with E-state index in [1.54, 1.807) is 6.92 Å². The van der Waals surface area contributed by atoms with Crippen molar-refractivity contribution in [1.82, 2.24) is 0 Å². The van der Waals surface area contributed by atoms with Crippen LogP contribution in [0.5, 0.6) is 0 Å². The van der Waals surface area contributed by atoms with Crippen molar-refractivity contribution in [2.24, 2.45) is 5.92 Å². The van der Waals surface area contributed by atoms with Gasteiger partial charge in [0.2, 0.25) is 0 Å². The lowest BCUT2D eigenvalue weighted by molar-refractivity contribution is -0.135. The smallest absolute Gasteiger partial charge is 0.461 e. The highest BCUT2D eigenvalue weighted by Crippen LogP contribution is 2.54. The van der Waals surface area contributed by atoms with Gasteiger partial charge in [-0.2, -0.15) is 0 Å². The summed E-state index contributed by atoms with van der Waals surface area (Å²) in [4.78, 5) is 11.7. The lowest BCUT2D eigenvalue weighted by Gasteiger charge is -2.17. The summed E-state index contributed by atoms with van der Waals surface area (Å²) in [7, 11) is -3.66. The summed E-state index contributed by atoms with van der Waals surface area (Å²) in [6, 6.07) is 0. The number of allylic oxidation sites excluding steroid dienone is 1. The van der Waals surface area contributed by atoms with Crippen LogP contribution in [0.25, 0.3) is 0 Å². The Labute approximate surface area is 187 Å². The van der Waals surface area contributed by atoms with Crippen molar-refractivity contribution in [2.45, 2.75) is 103 Å². The number of unbranched alkanes of at least 4 members (excludes halogenated alkanes) is 10. The molecule has 2 rings (SSSR count). The molecule has 1 saturated heterocycles. The molecule has 0 aromatic heterocycles. The summed E-state index contributed by atoms with van der Waals surface area (Å²) < 4.78 is 33.9. The Morgan fingerprint density at radius 3 is 2.19 bits per heavy atom. The van der Waals surface area contributed by atoms with E-state index in [1.807, 2.05) is 6.92 Å². The molecule has 1 N–H and O–H groups in total. The van der Waals surface area contributed by atoms with E-state index in [4.69, 9.17) is 18.3 Å². The molecule has 8 heteroatoms. The second-order valence-electron chi connectivity index (χ2n) is 8.67. The number of carbonyl (C=O) groups excluding carboxylic acids is 1. The van der Waals surface area contributed by atoms with Crippen LogP contribution >= 0.6 is 7.82 Å². The molecule has 0 amide bonds. The first-order valence-electron chi connectivity index (χ1n) is 12.1. The second-order valence-corrected chi connectivity index (χ2v) is 10.3.